The molecule has 0 spiro atoms. The predicted molar refractivity (Wildman–Crippen MR) is 110 cm³/mol. The van der Waals surface area contributed by atoms with Crippen molar-refractivity contribution in [1.82, 2.24) is 9.97 Å². The zero-order chi connectivity index (χ0) is 18.9. The maximum atomic E-state index is 12.7. The van der Waals surface area contributed by atoms with E-state index in [1.165, 1.54) is 22.7 Å². The fourth-order valence-electron chi connectivity index (χ4n) is 2.42. The molecular formula is C20H26N2O2S2. The van der Waals surface area contributed by atoms with Gasteiger partial charge in [-0.05, 0) is 24.8 Å². The Kier molecular flexibility index (Phi) is 8.32. The lowest BCUT2D eigenvalue weighted by atomic mass is 10.1. The third-order valence-corrected chi connectivity index (χ3v) is 5.86. The summed E-state index contributed by atoms with van der Waals surface area (Å²) < 4.78 is 0. The maximum absolute atomic E-state index is 12.7. The molecule has 26 heavy (non-hydrogen) atoms. The van der Waals surface area contributed by atoms with Crippen LogP contribution in [0.4, 0.5) is 0 Å². The average Bonchev–Trinajstić information content (AvgIpc) is 3.28. The Bertz CT molecular complexity index is 746. The second kappa shape index (κ2) is 10.5. The van der Waals surface area contributed by atoms with Crippen molar-refractivity contribution in [1.29, 1.82) is 0 Å². The minimum atomic E-state index is 0.0780. The van der Waals surface area contributed by atoms with Crippen LogP contribution in [-0.2, 0) is 4.79 Å². The second-order valence-electron chi connectivity index (χ2n) is 6.55. The zero-order valence-electron chi connectivity index (χ0n) is 15.7. The van der Waals surface area contributed by atoms with E-state index in [1.807, 2.05) is 18.4 Å². The summed E-state index contributed by atoms with van der Waals surface area (Å²) in [7, 11) is 0. The van der Waals surface area contributed by atoms with E-state index in [4.69, 9.17) is 0 Å². The molecule has 0 unspecified atom stereocenters. The molecule has 0 bridgehead atoms. The molecule has 0 aromatic carbocycles. The first-order valence-corrected chi connectivity index (χ1v) is 10.8. The summed E-state index contributed by atoms with van der Waals surface area (Å²) in [6, 6.07) is 0. The first kappa shape index (κ1) is 20.6. The van der Waals surface area contributed by atoms with Gasteiger partial charge in [0.2, 0.25) is 0 Å². The van der Waals surface area contributed by atoms with E-state index in [-0.39, 0.29) is 5.78 Å². The van der Waals surface area contributed by atoms with E-state index in [0.29, 0.717) is 36.7 Å². The van der Waals surface area contributed by atoms with E-state index in [9.17, 15) is 9.59 Å². The number of carbonyl (C=O) groups is 2. The van der Waals surface area contributed by atoms with E-state index < -0.39 is 0 Å². The van der Waals surface area contributed by atoms with Gasteiger partial charge in [0.05, 0.1) is 4.88 Å². The highest BCUT2D eigenvalue weighted by atomic mass is 32.1. The van der Waals surface area contributed by atoms with E-state index in [0.717, 1.165) is 34.2 Å². The summed E-state index contributed by atoms with van der Waals surface area (Å²) in [6.45, 7) is 6.11. The molecule has 6 heteroatoms. The highest BCUT2D eigenvalue weighted by Gasteiger charge is 2.18. The Morgan fingerprint density at radius 1 is 1.15 bits per heavy atom. The molecule has 0 fully saturated rings. The first-order valence-electron chi connectivity index (χ1n) is 9.15. The minimum absolute atomic E-state index is 0.0780. The van der Waals surface area contributed by atoms with Gasteiger partial charge in [-0.15, -0.1) is 22.7 Å². The van der Waals surface area contributed by atoms with Crippen LogP contribution in [0.25, 0.3) is 16.1 Å². The molecule has 2 aromatic heterocycles. The minimum Gasteiger partial charge on any atom is -0.300 e. The molecule has 4 nitrogen and oxygen atoms in total. The largest absolute Gasteiger partial charge is 0.300 e. The fourth-order valence-corrected chi connectivity index (χ4v) is 4.10. The number of hydrogen-bond donors (Lipinski definition) is 0. The lowest BCUT2D eigenvalue weighted by Crippen LogP contribution is -2.02. The number of carbonyl (C=O) groups excluding carboxylic acids is 2. The van der Waals surface area contributed by atoms with E-state index in [2.05, 4.69) is 29.9 Å². The van der Waals surface area contributed by atoms with Crippen LogP contribution in [0.5, 0.6) is 0 Å². The molecule has 140 valence electrons. The van der Waals surface area contributed by atoms with Crippen molar-refractivity contribution >= 4 is 40.3 Å². The fraction of sp³-hybridized carbons (Fsp3) is 0.500. The molecular weight excluding hydrogens is 364 g/mol. The van der Waals surface area contributed by atoms with Crippen LogP contribution in [0.2, 0.25) is 0 Å². The molecule has 0 radical (unpaired) electrons. The van der Waals surface area contributed by atoms with Gasteiger partial charge in [0.15, 0.2) is 15.8 Å². The van der Waals surface area contributed by atoms with Gasteiger partial charge in [-0.3, -0.25) is 9.59 Å². The van der Waals surface area contributed by atoms with Crippen LogP contribution in [0, 0.1) is 5.92 Å². The molecule has 0 aliphatic heterocycles. The lowest BCUT2D eigenvalue weighted by molar-refractivity contribution is -0.118. The van der Waals surface area contributed by atoms with E-state index in [1.54, 1.807) is 6.20 Å². The number of unbranched alkanes of at least 4 members (excludes halogenated alkanes) is 2. The topological polar surface area (TPSA) is 59.9 Å². The standard InChI is InChI=1S/C20H26N2O2S2/c1-4-15(23)8-6-5-7-9-16(24)18-17(11-10-14(2)3)26-20(22-18)19-21-12-13-25-19/h10-14H,4-9H2,1-3H3/b11-10+. The van der Waals surface area contributed by atoms with Crippen LogP contribution in [0.15, 0.2) is 17.7 Å². The number of hydrogen-bond acceptors (Lipinski definition) is 6. The zero-order valence-corrected chi connectivity index (χ0v) is 17.3. The summed E-state index contributed by atoms with van der Waals surface area (Å²) in [5.41, 5.74) is 0.557. The molecule has 0 N–H and O–H groups in total. The number of aromatic nitrogens is 2. The van der Waals surface area contributed by atoms with Gasteiger partial charge in [0, 0.05) is 30.8 Å². The number of Topliss-reactive ketones (excluding diaryl/α,β-unsaturated/α-hetero) is 2. The van der Waals surface area contributed by atoms with Crippen molar-refractivity contribution < 1.29 is 9.59 Å². The molecule has 2 rings (SSSR count). The SMILES string of the molecule is CCC(=O)CCCCCC(=O)c1nc(-c2nccs2)sc1/C=C/C(C)C. The molecule has 0 atom stereocenters. The monoisotopic (exact) mass is 390 g/mol. The van der Waals surface area contributed by atoms with Crippen molar-refractivity contribution in [2.24, 2.45) is 5.92 Å². The molecule has 0 saturated carbocycles. The van der Waals surface area contributed by atoms with Crippen molar-refractivity contribution in [2.45, 2.75) is 59.3 Å². The van der Waals surface area contributed by atoms with Crippen LogP contribution < -0.4 is 0 Å². The Morgan fingerprint density at radius 2 is 1.92 bits per heavy atom. The van der Waals surface area contributed by atoms with Crippen molar-refractivity contribution in [3.8, 4) is 10.0 Å². The van der Waals surface area contributed by atoms with Crippen molar-refractivity contribution in [3.05, 3.63) is 28.2 Å². The Hall–Kier alpha value is -1.66. The van der Waals surface area contributed by atoms with Gasteiger partial charge in [-0.25, -0.2) is 9.97 Å². The lowest BCUT2D eigenvalue weighted by Gasteiger charge is -2.01. The summed E-state index contributed by atoms with van der Waals surface area (Å²) in [5, 5.41) is 3.58. The molecule has 2 heterocycles. The normalized spacial score (nSPS) is 11.5. The van der Waals surface area contributed by atoms with Crippen molar-refractivity contribution in [2.75, 3.05) is 0 Å². The van der Waals surface area contributed by atoms with Crippen LogP contribution in [0.1, 0.15) is 74.7 Å². The van der Waals surface area contributed by atoms with Crippen molar-refractivity contribution in [3.63, 3.8) is 0 Å². The van der Waals surface area contributed by atoms with Crippen LogP contribution in [0.3, 0.4) is 0 Å². The molecule has 0 aliphatic carbocycles. The summed E-state index contributed by atoms with van der Waals surface area (Å²) in [5.74, 6) is 0.791. The predicted octanol–water partition coefficient (Wildman–Crippen LogP) is 6.05. The third-order valence-electron chi connectivity index (χ3n) is 3.92. The quantitative estimate of drug-likeness (QED) is 0.346. The van der Waals surface area contributed by atoms with Gasteiger partial charge in [0.1, 0.15) is 11.5 Å². The maximum Gasteiger partial charge on any atom is 0.182 e. The Labute approximate surface area is 163 Å². The number of thiazole rings is 2. The number of allylic oxidation sites excluding steroid dienone is 1. The summed E-state index contributed by atoms with van der Waals surface area (Å²) in [4.78, 5) is 33.8. The van der Waals surface area contributed by atoms with Crippen LogP contribution >= 0.6 is 22.7 Å². The molecule has 0 amide bonds. The Balaban J connectivity index is 2.03. The highest BCUT2D eigenvalue weighted by Crippen LogP contribution is 2.31. The highest BCUT2D eigenvalue weighted by molar-refractivity contribution is 7.21. The third kappa shape index (κ3) is 6.25. The number of ketones is 2. The molecule has 0 saturated heterocycles. The van der Waals surface area contributed by atoms with Gasteiger partial charge >= 0.3 is 0 Å². The first-order chi connectivity index (χ1) is 12.5. The number of rotatable bonds is 11. The van der Waals surface area contributed by atoms with Gasteiger partial charge in [-0.1, -0.05) is 33.3 Å². The van der Waals surface area contributed by atoms with Crippen LogP contribution in [-0.4, -0.2) is 21.5 Å². The van der Waals surface area contributed by atoms with Gasteiger partial charge < -0.3 is 0 Å². The average molecular weight is 391 g/mol. The van der Waals surface area contributed by atoms with Gasteiger partial charge in [-0.2, -0.15) is 0 Å². The summed E-state index contributed by atoms with van der Waals surface area (Å²) >= 11 is 3.06. The summed E-state index contributed by atoms with van der Waals surface area (Å²) in [6.07, 6.45) is 10.1. The number of nitrogens with zero attached hydrogens (tertiary/aromatic N) is 2. The molecule has 2 aromatic rings. The van der Waals surface area contributed by atoms with Gasteiger partial charge in [0.25, 0.3) is 0 Å². The Morgan fingerprint density at radius 3 is 2.58 bits per heavy atom. The van der Waals surface area contributed by atoms with E-state index >= 15 is 0 Å². The smallest absolute Gasteiger partial charge is 0.182 e. The molecule has 0 aliphatic rings. The second-order valence-corrected chi connectivity index (χ2v) is 8.47.